The van der Waals surface area contributed by atoms with Crippen LogP contribution in [0.1, 0.15) is 10.5 Å². The Morgan fingerprint density at radius 2 is 1.85 bits per heavy atom. The van der Waals surface area contributed by atoms with Gasteiger partial charge in [-0.15, -0.1) is 0 Å². The van der Waals surface area contributed by atoms with Gasteiger partial charge in [-0.3, -0.25) is 4.79 Å². The minimum Gasteiger partial charge on any atom is -0.378 e. The van der Waals surface area contributed by atoms with E-state index in [9.17, 15) is 4.79 Å². The van der Waals surface area contributed by atoms with Crippen molar-refractivity contribution in [3.05, 3.63) is 65.3 Å². The van der Waals surface area contributed by atoms with Crippen LogP contribution in [0.3, 0.4) is 0 Å². The third kappa shape index (κ3) is 3.82. The first-order valence-corrected chi connectivity index (χ1v) is 9.05. The van der Waals surface area contributed by atoms with Gasteiger partial charge in [0.15, 0.2) is 11.5 Å². The number of amides is 1. The van der Waals surface area contributed by atoms with E-state index < -0.39 is 0 Å². The van der Waals surface area contributed by atoms with Crippen molar-refractivity contribution in [3.8, 4) is 11.3 Å². The van der Waals surface area contributed by atoms with Crippen molar-refractivity contribution in [1.29, 1.82) is 0 Å². The number of rotatable bonds is 4. The van der Waals surface area contributed by atoms with Crippen LogP contribution in [0.15, 0.2) is 59.1 Å². The number of ether oxygens (including phenoxy) is 1. The van der Waals surface area contributed by atoms with E-state index in [0.29, 0.717) is 42.8 Å². The molecule has 27 heavy (non-hydrogen) atoms. The molecule has 3 aromatic rings. The third-order valence-electron chi connectivity index (χ3n) is 4.36. The number of hydrogen-bond donors (Lipinski definition) is 1. The van der Waals surface area contributed by atoms with Crippen LogP contribution in [0.25, 0.3) is 11.3 Å². The van der Waals surface area contributed by atoms with Crippen LogP contribution in [-0.4, -0.2) is 37.4 Å². The Kier molecular flexibility index (Phi) is 5.09. The number of morpholine rings is 1. The predicted octanol–water partition coefficient (Wildman–Crippen LogP) is 4.08. The number of carbonyl (C=O) groups is 1. The monoisotopic (exact) mass is 383 g/mol. The van der Waals surface area contributed by atoms with Crippen LogP contribution in [0.2, 0.25) is 5.02 Å². The van der Waals surface area contributed by atoms with Gasteiger partial charge in [0.2, 0.25) is 0 Å². The van der Waals surface area contributed by atoms with Crippen LogP contribution in [0, 0.1) is 0 Å². The maximum atomic E-state index is 12.7. The Morgan fingerprint density at radius 1 is 1.07 bits per heavy atom. The largest absolute Gasteiger partial charge is 0.378 e. The zero-order valence-electron chi connectivity index (χ0n) is 14.5. The number of nitrogens with zero attached hydrogens (tertiary/aromatic N) is 2. The molecule has 6 nitrogen and oxygen atoms in total. The van der Waals surface area contributed by atoms with Crippen molar-refractivity contribution in [2.24, 2.45) is 0 Å². The molecule has 1 amide bonds. The molecule has 2 aromatic carbocycles. The lowest BCUT2D eigenvalue weighted by molar-refractivity contribution is 0.101. The molecular weight excluding hydrogens is 366 g/mol. The highest BCUT2D eigenvalue weighted by Gasteiger charge is 2.21. The summed E-state index contributed by atoms with van der Waals surface area (Å²) in [4.78, 5) is 14.8. The molecule has 1 aliphatic heterocycles. The number of benzene rings is 2. The van der Waals surface area contributed by atoms with Crippen molar-refractivity contribution in [1.82, 2.24) is 5.16 Å². The normalized spacial score (nSPS) is 14.2. The molecule has 1 fully saturated rings. The van der Waals surface area contributed by atoms with Gasteiger partial charge in [0.05, 0.1) is 29.6 Å². The summed E-state index contributed by atoms with van der Waals surface area (Å²) in [5.41, 5.74) is 2.50. The fourth-order valence-electron chi connectivity index (χ4n) is 3.03. The molecule has 138 valence electrons. The van der Waals surface area contributed by atoms with E-state index in [2.05, 4.69) is 15.4 Å². The average molecular weight is 384 g/mol. The second-order valence-corrected chi connectivity index (χ2v) is 6.54. The summed E-state index contributed by atoms with van der Waals surface area (Å²) in [6.07, 6.45) is 0. The number of hydrogen-bond acceptors (Lipinski definition) is 5. The van der Waals surface area contributed by atoms with Gasteiger partial charge >= 0.3 is 0 Å². The number of nitrogens with one attached hydrogen (secondary N) is 1. The van der Waals surface area contributed by atoms with Gasteiger partial charge in [0.25, 0.3) is 5.91 Å². The van der Waals surface area contributed by atoms with Gasteiger partial charge in [-0.2, -0.15) is 0 Å². The summed E-state index contributed by atoms with van der Waals surface area (Å²) < 4.78 is 10.7. The Bertz CT molecular complexity index is 937. The van der Waals surface area contributed by atoms with E-state index in [1.165, 1.54) is 0 Å². The van der Waals surface area contributed by atoms with Crippen molar-refractivity contribution < 1.29 is 14.1 Å². The first-order chi connectivity index (χ1) is 13.2. The first-order valence-electron chi connectivity index (χ1n) is 8.67. The van der Waals surface area contributed by atoms with Crippen molar-refractivity contribution in [2.45, 2.75) is 0 Å². The summed E-state index contributed by atoms with van der Waals surface area (Å²) in [6, 6.07) is 16.6. The maximum Gasteiger partial charge on any atom is 0.277 e. The fraction of sp³-hybridized carbons (Fsp3) is 0.200. The van der Waals surface area contributed by atoms with Gasteiger partial charge in [-0.25, -0.2) is 0 Å². The Morgan fingerprint density at radius 3 is 2.63 bits per heavy atom. The van der Waals surface area contributed by atoms with E-state index in [1.807, 2.05) is 42.5 Å². The van der Waals surface area contributed by atoms with E-state index in [1.54, 1.807) is 12.1 Å². The van der Waals surface area contributed by atoms with Gasteiger partial charge in [0.1, 0.15) is 0 Å². The molecule has 2 heterocycles. The maximum absolute atomic E-state index is 12.7. The highest BCUT2D eigenvalue weighted by molar-refractivity contribution is 6.34. The molecule has 4 rings (SSSR count). The molecule has 1 aromatic heterocycles. The van der Waals surface area contributed by atoms with Crippen molar-refractivity contribution in [2.75, 3.05) is 36.5 Å². The summed E-state index contributed by atoms with van der Waals surface area (Å²) >= 11 is 6.41. The van der Waals surface area contributed by atoms with Crippen LogP contribution in [0.4, 0.5) is 11.4 Å². The van der Waals surface area contributed by atoms with Gasteiger partial charge in [-0.1, -0.05) is 53.2 Å². The summed E-state index contributed by atoms with van der Waals surface area (Å²) in [5.74, 6) is 0.193. The second kappa shape index (κ2) is 7.82. The predicted molar refractivity (Wildman–Crippen MR) is 104 cm³/mol. The molecule has 0 unspecified atom stereocenters. The highest BCUT2D eigenvalue weighted by Crippen LogP contribution is 2.34. The lowest BCUT2D eigenvalue weighted by Crippen LogP contribution is -2.37. The Balaban J connectivity index is 1.57. The molecule has 0 radical (unpaired) electrons. The molecule has 1 saturated heterocycles. The second-order valence-electron chi connectivity index (χ2n) is 6.13. The fourth-order valence-corrected chi connectivity index (χ4v) is 3.33. The molecule has 1 aliphatic rings. The van der Waals surface area contributed by atoms with Crippen LogP contribution in [0.5, 0.6) is 0 Å². The van der Waals surface area contributed by atoms with Crippen LogP contribution < -0.4 is 10.2 Å². The topological polar surface area (TPSA) is 67.6 Å². The van der Waals surface area contributed by atoms with Gasteiger partial charge < -0.3 is 19.5 Å². The minimum atomic E-state index is -0.349. The minimum absolute atomic E-state index is 0.210. The molecule has 0 spiro atoms. The Hall–Kier alpha value is -2.83. The van der Waals surface area contributed by atoms with E-state index in [0.717, 1.165) is 11.3 Å². The van der Waals surface area contributed by atoms with Crippen LogP contribution >= 0.6 is 11.6 Å². The smallest absolute Gasteiger partial charge is 0.277 e. The van der Waals surface area contributed by atoms with E-state index in [-0.39, 0.29) is 11.6 Å². The van der Waals surface area contributed by atoms with Gasteiger partial charge in [0, 0.05) is 24.7 Å². The third-order valence-corrected chi connectivity index (χ3v) is 4.67. The number of anilines is 2. The first kappa shape index (κ1) is 17.6. The zero-order valence-corrected chi connectivity index (χ0v) is 15.3. The van der Waals surface area contributed by atoms with Crippen molar-refractivity contribution in [3.63, 3.8) is 0 Å². The average Bonchev–Trinajstić information content (AvgIpc) is 3.20. The summed E-state index contributed by atoms with van der Waals surface area (Å²) in [6.45, 7) is 2.69. The van der Waals surface area contributed by atoms with Crippen LogP contribution in [-0.2, 0) is 4.74 Å². The SMILES string of the molecule is O=C(Nc1cccc(Cl)c1N1CCOCC1)c1cc(-c2ccccc2)on1. The lowest BCUT2D eigenvalue weighted by Gasteiger charge is -2.31. The van der Waals surface area contributed by atoms with E-state index >= 15 is 0 Å². The molecule has 0 atom stereocenters. The number of aromatic nitrogens is 1. The summed E-state index contributed by atoms with van der Waals surface area (Å²) in [7, 11) is 0. The molecular formula is C20H18ClN3O3. The molecule has 0 saturated carbocycles. The molecule has 0 bridgehead atoms. The molecule has 0 aliphatic carbocycles. The molecule has 1 N–H and O–H groups in total. The quantitative estimate of drug-likeness (QED) is 0.735. The number of carbonyl (C=O) groups excluding carboxylic acids is 1. The number of halogens is 1. The lowest BCUT2D eigenvalue weighted by atomic mass is 10.1. The zero-order chi connectivity index (χ0) is 18.6. The highest BCUT2D eigenvalue weighted by atomic mass is 35.5. The van der Waals surface area contributed by atoms with Gasteiger partial charge in [-0.05, 0) is 12.1 Å². The Labute approximate surface area is 161 Å². The molecule has 7 heteroatoms. The summed E-state index contributed by atoms with van der Waals surface area (Å²) in [5, 5.41) is 7.38. The van der Waals surface area contributed by atoms with E-state index in [4.69, 9.17) is 20.9 Å². The standard InChI is InChI=1S/C20H18ClN3O3/c21-15-7-4-8-16(19(15)24-9-11-26-12-10-24)22-20(25)17-13-18(27-23-17)14-5-2-1-3-6-14/h1-8,13H,9-12H2,(H,22,25). The van der Waals surface area contributed by atoms with Crippen molar-refractivity contribution >= 4 is 28.9 Å². The number of para-hydroxylation sites is 1.